The highest BCUT2D eigenvalue weighted by molar-refractivity contribution is 7.89. The lowest BCUT2D eigenvalue weighted by Gasteiger charge is -2.22. The third-order valence-electron chi connectivity index (χ3n) is 3.44. The zero-order valence-corrected chi connectivity index (χ0v) is 14.0. The predicted molar refractivity (Wildman–Crippen MR) is 87.0 cm³/mol. The zero-order valence-electron chi connectivity index (χ0n) is 13.1. The van der Waals surface area contributed by atoms with E-state index in [1.807, 2.05) is 6.07 Å². The van der Waals surface area contributed by atoms with Crippen LogP contribution < -0.4 is 0 Å². The maximum absolute atomic E-state index is 13.0. The van der Waals surface area contributed by atoms with Gasteiger partial charge < -0.3 is 4.74 Å². The Morgan fingerprint density at radius 3 is 2.29 bits per heavy atom. The Morgan fingerprint density at radius 2 is 1.75 bits per heavy atom. The lowest BCUT2D eigenvalue weighted by Crippen LogP contribution is -2.33. The molecule has 126 valence electrons. The lowest BCUT2D eigenvalue weighted by atomic mass is 10.2. The van der Waals surface area contributed by atoms with Crippen molar-refractivity contribution in [1.82, 2.24) is 4.31 Å². The third kappa shape index (κ3) is 4.38. The van der Waals surface area contributed by atoms with Crippen LogP contribution in [0.4, 0.5) is 4.39 Å². The molecule has 0 N–H and O–H groups in total. The van der Waals surface area contributed by atoms with Crippen molar-refractivity contribution in [3.8, 4) is 6.07 Å². The zero-order chi connectivity index (χ0) is 17.6. The van der Waals surface area contributed by atoms with Crippen molar-refractivity contribution >= 4 is 10.0 Å². The standard InChI is InChI=1S/C17H17FN2O3S/c1-23-11-10-20(13-15-2-6-16(18)7-3-15)24(21,22)17-8-4-14(12-19)5-9-17/h2-9H,10-11,13H2,1H3. The summed E-state index contributed by atoms with van der Waals surface area (Å²) < 4.78 is 44.9. The number of rotatable bonds is 7. The van der Waals surface area contributed by atoms with Crippen molar-refractivity contribution in [3.63, 3.8) is 0 Å². The molecule has 0 aliphatic rings. The Kier molecular flexibility index (Phi) is 6.04. The van der Waals surface area contributed by atoms with E-state index >= 15 is 0 Å². The van der Waals surface area contributed by atoms with Gasteiger partial charge in [-0.15, -0.1) is 0 Å². The first kappa shape index (κ1) is 18.1. The predicted octanol–water partition coefficient (Wildman–Crippen LogP) is 2.53. The molecule has 0 spiro atoms. The van der Waals surface area contributed by atoms with E-state index in [0.29, 0.717) is 11.1 Å². The van der Waals surface area contributed by atoms with E-state index in [1.165, 1.54) is 47.8 Å². The number of hydrogen-bond acceptors (Lipinski definition) is 4. The van der Waals surface area contributed by atoms with Gasteiger partial charge in [0.25, 0.3) is 0 Å². The summed E-state index contributed by atoms with van der Waals surface area (Å²) in [7, 11) is -2.27. The van der Waals surface area contributed by atoms with Crippen molar-refractivity contribution in [3.05, 3.63) is 65.5 Å². The maximum atomic E-state index is 13.0. The van der Waals surface area contributed by atoms with Gasteiger partial charge in [0, 0.05) is 20.2 Å². The highest BCUT2D eigenvalue weighted by atomic mass is 32.2. The molecule has 0 bridgehead atoms. The van der Waals surface area contributed by atoms with Crippen molar-refractivity contribution in [1.29, 1.82) is 5.26 Å². The van der Waals surface area contributed by atoms with E-state index in [2.05, 4.69) is 0 Å². The van der Waals surface area contributed by atoms with E-state index < -0.39 is 10.0 Å². The van der Waals surface area contributed by atoms with Gasteiger partial charge in [-0.1, -0.05) is 12.1 Å². The quantitative estimate of drug-likeness (QED) is 0.771. The van der Waals surface area contributed by atoms with Crippen molar-refractivity contribution in [2.45, 2.75) is 11.4 Å². The van der Waals surface area contributed by atoms with E-state index in [0.717, 1.165) is 0 Å². The molecule has 0 saturated carbocycles. The minimum absolute atomic E-state index is 0.0970. The van der Waals surface area contributed by atoms with Crippen LogP contribution in [-0.4, -0.2) is 33.0 Å². The number of hydrogen-bond donors (Lipinski definition) is 0. The highest BCUT2D eigenvalue weighted by Crippen LogP contribution is 2.19. The molecule has 5 nitrogen and oxygen atoms in total. The number of nitriles is 1. The largest absolute Gasteiger partial charge is 0.383 e. The second-order valence-corrected chi connectivity index (χ2v) is 7.03. The second kappa shape index (κ2) is 8.02. The summed E-state index contributed by atoms with van der Waals surface area (Å²) in [6, 6.07) is 13.3. The molecule has 0 aliphatic heterocycles. The molecule has 2 aromatic carbocycles. The molecule has 0 radical (unpaired) electrons. The second-order valence-electron chi connectivity index (χ2n) is 5.09. The van der Waals surface area contributed by atoms with Gasteiger partial charge in [0.05, 0.1) is 23.1 Å². The average molecular weight is 348 g/mol. The van der Waals surface area contributed by atoms with Crippen LogP contribution in [0, 0.1) is 17.1 Å². The van der Waals surface area contributed by atoms with Gasteiger partial charge in [-0.2, -0.15) is 9.57 Å². The average Bonchev–Trinajstić information content (AvgIpc) is 2.60. The summed E-state index contributed by atoms with van der Waals surface area (Å²) in [5.74, 6) is -0.378. The summed E-state index contributed by atoms with van der Waals surface area (Å²) in [5.41, 5.74) is 1.06. The fourth-order valence-corrected chi connectivity index (χ4v) is 3.53. The van der Waals surface area contributed by atoms with Gasteiger partial charge in [-0.25, -0.2) is 12.8 Å². The van der Waals surface area contributed by atoms with Crippen molar-refractivity contribution in [2.75, 3.05) is 20.3 Å². The van der Waals surface area contributed by atoms with Crippen LogP contribution in [0.5, 0.6) is 0 Å². The first-order chi connectivity index (χ1) is 11.5. The SMILES string of the molecule is COCCN(Cc1ccc(F)cc1)S(=O)(=O)c1ccc(C#N)cc1. The van der Waals surface area contributed by atoms with Crippen LogP contribution in [0.25, 0.3) is 0 Å². The van der Waals surface area contributed by atoms with Crippen LogP contribution in [0.3, 0.4) is 0 Å². The number of halogens is 1. The van der Waals surface area contributed by atoms with E-state index in [4.69, 9.17) is 10.00 Å². The normalized spacial score (nSPS) is 11.4. The van der Waals surface area contributed by atoms with Gasteiger partial charge in [0.1, 0.15) is 5.82 Å². The number of sulfonamides is 1. The Hall–Kier alpha value is -2.27. The fraction of sp³-hybridized carbons (Fsp3) is 0.235. The molecule has 2 aromatic rings. The van der Waals surface area contributed by atoms with Crippen molar-refractivity contribution in [2.24, 2.45) is 0 Å². The van der Waals surface area contributed by atoms with Gasteiger partial charge in [-0.05, 0) is 42.0 Å². The Labute approximate surface area is 141 Å². The molecule has 7 heteroatoms. The number of benzene rings is 2. The number of methoxy groups -OCH3 is 1. The molecule has 0 heterocycles. The molecule has 0 atom stereocenters. The highest BCUT2D eigenvalue weighted by Gasteiger charge is 2.24. The van der Waals surface area contributed by atoms with Gasteiger partial charge in [0.2, 0.25) is 10.0 Å². The third-order valence-corrected chi connectivity index (χ3v) is 5.30. The smallest absolute Gasteiger partial charge is 0.243 e. The van der Waals surface area contributed by atoms with E-state index in [-0.39, 0.29) is 30.4 Å². The molecule has 0 fully saturated rings. The molecular weight excluding hydrogens is 331 g/mol. The van der Waals surface area contributed by atoms with Crippen LogP contribution in [0.2, 0.25) is 0 Å². The Morgan fingerprint density at radius 1 is 1.12 bits per heavy atom. The van der Waals surface area contributed by atoms with Crippen LogP contribution >= 0.6 is 0 Å². The molecule has 0 aliphatic carbocycles. The Balaban J connectivity index is 2.30. The summed E-state index contributed by atoms with van der Waals surface area (Å²) in [6.45, 7) is 0.499. The number of ether oxygens (including phenoxy) is 1. The molecule has 0 amide bonds. The van der Waals surface area contributed by atoms with E-state index in [1.54, 1.807) is 12.1 Å². The first-order valence-electron chi connectivity index (χ1n) is 7.21. The van der Waals surface area contributed by atoms with Crippen LogP contribution in [0.15, 0.2) is 53.4 Å². The molecule has 0 unspecified atom stereocenters. The minimum Gasteiger partial charge on any atom is -0.383 e. The lowest BCUT2D eigenvalue weighted by molar-refractivity contribution is 0.177. The minimum atomic E-state index is -3.76. The summed E-state index contributed by atoms with van der Waals surface area (Å²) >= 11 is 0. The topological polar surface area (TPSA) is 70.4 Å². The summed E-state index contributed by atoms with van der Waals surface area (Å²) in [4.78, 5) is 0.0970. The summed E-state index contributed by atoms with van der Waals surface area (Å²) in [6.07, 6.45) is 0. The van der Waals surface area contributed by atoms with Crippen LogP contribution in [0.1, 0.15) is 11.1 Å². The van der Waals surface area contributed by atoms with Crippen LogP contribution in [-0.2, 0) is 21.3 Å². The molecule has 0 aromatic heterocycles. The van der Waals surface area contributed by atoms with Gasteiger partial charge in [0.15, 0.2) is 0 Å². The molecular formula is C17H17FN2O3S. The van der Waals surface area contributed by atoms with Gasteiger partial charge in [-0.3, -0.25) is 0 Å². The first-order valence-corrected chi connectivity index (χ1v) is 8.65. The monoisotopic (exact) mass is 348 g/mol. The summed E-state index contributed by atoms with van der Waals surface area (Å²) in [5, 5.41) is 8.82. The Bertz CT molecular complexity index is 812. The molecule has 2 rings (SSSR count). The maximum Gasteiger partial charge on any atom is 0.243 e. The van der Waals surface area contributed by atoms with Crippen molar-refractivity contribution < 1.29 is 17.5 Å². The molecule has 24 heavy (non-hydrogen) atoms. The number of nitrogens with zero attached hydrogens (tertiary/aromatic N) is 2. The fourth-order valence-electron chi connectivity index (χ4n) is 2.12. The molecule has 0 saturated heterocycles. The van der Waals surface area contributed by atoms with E-state index in [9.17, 15) is 12.8 Å². The van der Waals surface area contributed by atoms with Gasteiger partial charge >= 0.3 is 0 Å².